The molecule has 1 saturated carbocycles. The van der Waals surface area contributed by atoms with Gasteiger partial charge >= 0.3 is 0 Å². The van der Waals surface area contributed by atoms with E-state index in [-0.39, 0.29) is 22.8 Å². The predicted molar refractivity (Wildman–Crippen MR) is 135 cm³/mol. The van der Waals surface area contributed by atoms with Crippen LogP contribution in [0.1, 0.15) is 29.0 Å². The van der Waals surface area contributed by atoms with Crippen LogP contribution in [0, 0.1) is 6.92 Å². The molecule has 2 fully saturated rings. The van der Waals surface area contributed by atoms with Gasteiger partial charge in [-0.1, -0.05) is 0 Å². The van der Waals surface area contributed by atoms with E-state index in [1.165, 1.54) is 15.3 Å². The van der Waals surface area contributed by atoms with Crippen molar-refractivity contribution in [1.29, 1.82) is 0 Å². The number of hydrogen-bond donors (Lipinski definition) is 3. The lowest BCUT2D eigenvalue weighted by Gasteiger charge is -2.38. The Hall–Kier alpha value is -4.68. The second-order valence-corrected chi connectivity index (χ2v) is 9.31. The number of carbonyl (C=O) groups is 2. The molecular weight excluding hydrogens is 476 g/mol. The lowest BCUT2D eigenvalue weighted by molar-refractivity contribution is -0.144. The number of β-lactam (4-membered cyclic amide) rings is 1. The van der Waals surface area contributed by atoms with Crippen molar-refractivity contribution in [2.24, 2.45) is 7.05 Å². The minimum Gasteiger partial charge on any atom is -0.385 e. The molecule has 190 valence electrons. The summed E-state index contributed by atoms with van der Waals surface area (Å²) in [7, 11) is 3.54. The zero-order valence-corrected chi connectivity index (χ0v) is 20.6. The highest BCUT2D eigenvalue weighted by molar-refractivity contribution is 5.99. The molecule has 37 heavy (non-hydrogen) atoms. The topological polar surface area (TPSA) is 143 Å². The first kappa shape index (κ1) is 22.8. The van der Waals surface area contributed by atoms with Gasteiger partial charge in [0.25, 0.3) is 11.5 Å². The number of fused-ring (bicyclic) bond motifs is 1. The van der Waals surface area contributed by atoms with Gasteiger partial charge in [-0.15, -0.1) is 5.10 Å². The number of pyridine rings is 1. The monoisotopic (exact) mass is 502 g/mol. The first-order chi connectivity index (χ1) is 17.8. The molecule has 3 N–H and O–H groups in total. The number of rotatable bonds is 7. The van der Waals surface area contributed by atoms with Crippen molar-refractivity contribution in [3.8, 4) is 5.82 Å². The number of aryl methyl sites for hydroxylation is 2. The Bertz CT molecular complexity index is 1590. The van der Waals surface area contributed by atoms with E-state index in [9.17, 15) is 14.4 Å². The minimum absolute atomic E-state index is 0.0562. The third-order valence-corrected chi connectivity index (χ3v) is 6.78. The Morgan fingerprint density at radius 3 is 2.62 bits per heavy atom. The van der Waals surface area contributed by atoms with Gasteiger partial charge in [0.2, 0.25) is 5.91 Å². The van der Waals surface area contributed by atoms with Crippen LogP contribution in [0.2, 0.25) is 0 Å². The Labute approximate surface area is 211 Å². The van der Waals surface area contributed by atoms with Crippen LogP contribution in [0.5, 0.6) is 0 Å². The number of nitrogens with zero attached hydrogens (tertiary/aromatic N) is 7. The molecule has 2 amide bonds. The normalized spacial score (nSPS) is 17.1. The lowest BCUT2D eigenvalue weighted by Crippen LogP contribution is -2.64. The fourth-order valence-electron chi connectivity index (χ4n) is 4.44. The maximum absolute atomic E-state index is 13.2. The largest absolute Gasteiger partial charge is 0.385 e. The summed E-state index contributed by atoms with van der Waals surface area (Å²) >= 11 is 0. The molecule has 0 aromatic carbocycles. The van der Waals surface area contributed by atoms with Crippen LogP contribution in [0.4, 0.5) is 17.2 Å². The van der Waals surface area contributed by atoms with Crippen LogP contribution < -0.4 is 21.5 Å². The summed E-state index contributed by atoms with van der Waals surface area (Å²) in [6, 6.07) is 6.70. The Morgan fingerprint density at radius 2 is 1.95 bits per heavy atom. The molecule has 6 rings (SSSR count). The van der Waals surface area contributed by atoms with Gasteiger partial charge in [-0.05, 0) is 31.9 Å². The smallest absolute Gasteiger partial charge is 0.280 e. The minimum atomic E-state index is -0.540. The van der Waals surface area contributed by atoms with Gasteiger partial charge in [0.05, 0.1) is 18.4 Å². The standard InChI is InChI=1S/C24H26N10O3/c1-13-9-20(30-31(13)3)32-8-4-5-15(23(32)36)27-19-10-16(25-2)21-26-11-18(34(21)29-19)22(35)28-17-12-33(24(17)37)14-6-7-14/h4-5,8-11,14,17,25H,6-7,12H2,1-3H3,(H,27,29)(H,28,35)/t17-/m1/s1. The van der Waals surface area contributed by atoms with Crippen molar-refractivity contribution in [2.45, 2.75) is 31.8 Å². The second kappa shape index (κ2) is 8.47. The van der Waals surface area contributed by atoms with E-state index in [0.717, 1.165) is 18.5 Å². The zero-order valence-electron chi connectivity index (χ0n) is 20.6. The van der Waals surface area contributed by atoms with Crippen molar-refractivity contribution < 1.29 is 9.59 Å². The highest BCUT2D eigenvalue weighted by Gasteiger charge is 2.45. The van der Waals surface area contributed by atoms with Crippen molar-refractivity contribution in [3.05, 3.63) is 58.4 Å². The highest BCUT2D eigenvalue weighted by Crippen LogP contribution is 2.31. The number of nitrogens with one attached hydrogen (secondary N) is 3. The van der Waals surface area contributed by atoms with E-state index in [0.29, 0.717) is 35.6 Å². The summed E-state index contributed by atoms with van der Waals surface area (Å²) < 4.78 is 4.54. The number of likely N-dealkylation sites (tertiary alicyclic amines) is 1. The molecule has 0 unspecified atom stereocenters. The Kier molecular flexibility index (Phi) is 5.21. The first-order valence-corrected chi connectivity index (χ1v) is 12.0. The van der Waals surface area contributed by atoms with Gasteiger partial charge in [0.1, 0.15) is 11.7 Å². The van der Waals surface area contributed by atoms with Crippen LogP contribution in [0.15, 0.2) is 41.5 Å². The molecule has 4 aromatic rings. The average molecular weight is 503 g/mol. The molecule has 2 aliphatic rings. The number of hydrogen-bond acceptors (Lipinski definition) is 8. The van der Waals surface area contributed by atoms with Gasteiger partial charge in [0.15, 0.2) is 23.0 Å². The fourth-order valence-corrected chi connectivity index (χ4v) is 4.44. The molecule has 1 aliphatic carbocycles. The van der Waals surface area contributed by atoms with Gasteiger partial charge in [0, 0.05) is 44.2 Å². The van der Waals surface area contributed by atoms with Gasteiger partial charge in [-0.25, -0.2) is 9.50 Å². The van der Waals surface area contributed by atoms with Gasteiger partial charge < -0.3 is 20.9 Å². The number of amides is 2. The van der Waals surface area contributed by atoms with Crippen LogP contribution >= 0.6 is 0 Å². The number of carbonyl (C=O) groups excluding carboxylic acids is 2. The number of imidazole rings is 1. The van der Waals surface area contributed by atoms with Crippen molar-refractivity contribution >= 4 is 34.7 Å². The predicted octanol–water partition coefficient (Wildman–Crippen LogP) is 0.810. The highest BCUT2D eigenvalue weighted by atomic mass is 16.2. The van der Waals surface area contributed by atoms with Crippen LogP contribution in [0.25, 0.3) is 11.5 Å². The van der Waals surface area contributed by atoms with Gasteiger partial charge in [-0.3, -0.25) is 23.6 Å². The summed E-state index contributed by atoms with van der Waals surface area (Å²) in [5, 5.41) is 17.8. The zero-order chi connectivity index (χ0) is 25.8. The second-order valence-electron chi connectivity index (χ2n) is 9.31. The molecule has 0 bridgehead atoms. The maximum atomic E-state index is 13.2. The summed E-state index contributed by atoms with van der Waals surface area (Å²) in [5.74, 6) is 0.336. The fraction of sp³-hybridized carbons (Fsp3) is 0.333. The van der Waals surface area contributed by atoms with Crippen LogP contribution in [-0.2, 0) is 11.8 Å². The maximum Gasteiger partial charge on any atom is 0.280 e. The number of aromatic nitrogens is 6. The molecule has 13 heteroatoms. The van der Waals surface area contributed by atoms with Crippen molar-refractivity contribution in [3.63, 3.8) is 0 Å². The Morgan fingerprint density at radius 1 is 1.14 bits per heavy atom. The van der Waals surface area contributed by atoms with E-state index < -0.39 is 11.9 Å². The number of anilines is 3. The quantitative estimate of drug-likeness (QED) is 0.315. The molecule has 13 nitrogen and oxygen atoms in total. The summed E-state index contributed by atoms with van der Waals surface area (Å²) in [4.78, 5) is 44.7. The van der Waals surface area contributed by atoms with E-state index in [2.05, 4.69) is 31.1 Å². The molecule has 4 aromatic heterocycles. The Balaban J connectivity index is 1.29. The molecule has 5 heterocycles. The summed E-state index contributed by atoms with van der Waals surface area (Å²) in [6.45, 7) is 2.43. The van der Waals surface area contributed by atoms with Crippen LogP contribution in [0.3, 0.4) is 0 Å². The SMILES string of the molecule is CNc1cc(Nc2cccn(-c3cc(C)n(C)n3)c2=O)nn2c(C(=O)N[C@@H]3CN(C4CC4)C3=O)cnc12. The van der Waals surface area contributed by atoms with Crippen molar-refractivity contribution in [1.82, 2.24) is 39.2 Å². The van der Waals surface area contributed by atoms with Crippen molar-refractivity contribution in [2.75, 3.05) is 24.2 Å². The molecule has 0 radical (unpaired) electrons. The summed E-state index contributed by atoms with van der Waals surface area (Å²) in [6.07, 6.45) is 5.12. The third-order valence-electron chi connectivity index (χ3n) is 6.78. The molecule has 0 spiro atoms. The average Bonchev–Trinajstić information content (AvgIpc) is 3.53. The van der Waals surface area contributed by atoms with Crippen LogP contribution in [-0.4, -0.2) is 71.3 Å². The molecule has 1 aliphatic heterocycles. The molecule has 1 atom stereocenters. The van der Waals surface area contributed by atoms with E-state index in [1.807, 2.05) is 20.0 Å². The van der Waals surface area contributed by atoms with E-state index >= 15 is 0 Å². The van der Waals surface area contributed by atoms with E-state index in [4.69, 9.17) is 0 Å². The van der Waals surface area contributed by atoms with E-state index in [1.54, 1.807) is 41.0 Å². The summed E-state index contributed by atoms with van der Waals surface area (Å²) in [5.41, 5.74) is 2.12. The third kappa shape index (κ3) is 3.88. The van der Waals surface area contributed by atoms with Gasteiger partial charge in [-0.2, -0.15) is 5.10 Å². The lowest BCUT2D eigenvalue weighted by atomic mass is 10.1. The molecular formula is C24H26N10O3. The first-order valence-electron chi connectivity index (χ1n) is 12.0. The molecule has 1 saturated heterocycles.